The minimum absolute atomic E-state index is 0.0789. The molecule has 0 spiro atoms. The summed E-state index contributed by atoms with van der Waals surface area (Å²) in [4.78, 5) is 19.5. The van der Waals surface area contributed by atoms with Crippen molar-refractivity contribution in [3.05, 3.63) is 113 Å². The van der Waals surface area contributed by atoms with Crippen LogP contribution in [0.1, 0.15) is 30.0 Å². The highest BCUT2D eigenvalue weighted by Gasteiger charge is 2.21. The van der Waals surface area contributed by atoms with Crippen LogP contribution in [-0.4, -0.2) is 27.5 Å². The zero-order chi connectivity index (χ0) is 23.0. The first kappa shape index (κ1) is 22.5. The molecule has 1 heterocycles. The van der Waals surface area contributed by atoms with Gasteiger partial charge in [-0.1, -0.05) is 89.6 Å². The van der Waals surface area contributed by atoms with Crippen molar-refractivity contribution in [3.63, 3.8) is 0 Å². The first-order valence-corrected chi connectivity index (χ1v) is 11.1. The molecular weight excluding hydrogens is 434 g/mol. The van der Waals surface area contributed by atoms with Crippen molar-refractivity contribution in [2.75, 3.05) is 6.54 Å². The summed E-state index contributed by atoms with van der Waals surface area (Å²) in [5, 5.41) is 4.68. The van der Waals surface area contributed by atoms with Crippen LogP contribution in [0.4, 0.5) is 0 Å². The second kappa shape index (κ2) is 10.7. The Morgan fingerprint density at radius 2 is 1.76 bits per heavy atom. The van der Waals surface area contributed by atoms with Crippen LogP contribution in [-0.2, 0) is 11.2 Å². The number of carbonyl (C=O) groups excluding carboxylic acids is 1. The summed E-state index contributed by atoms with van der Waals surface area (Å²) in [5.74, 6) is 0.866. The van der Waals surface area contributed by atoms with Crippen molar-refractivity contribution < 1.29 is 9.32 Å². The van der Waals surface area contributed by atoms with Crippen LogP contribution in [0.3, 0.4) is 0 Å². The van der Waals surface area contributed by atoms with Crippen molar-refractivity contribution in [1.82, 2.24) is 15.0 Å². The van der Waals surface area contributed by atoms with E-state index >= 15 is 0 Å². The van der Waals surface area contributed by atoms with Gasteiger partial charge in [-0.05, 0) is 36.3 Å². The first-order chi connectivity index (χ1) is 16.1. The van der Waals surface area contributed by atoms with Gasteiger partial charge in [-0.25, -0.2) is 0 Å². The molecule has 4 aromatic rings. The van der Waals surface area contributed by atoms with Crippen molar-refractivity contribution in [3.8, 4) is 11.4 Å². The maximum Gasteiger partial charge on any atom is 0.247 e. The fourth-order valence-corrected chi connectivity index (χ4v) is 3.74. The highest BCUT2D eigenvalue weighted by molar-refractivity contribution is 6.30. The van der Waals surface area contributed by atoms with Crippen LogP contribution in [0.15, 0.2) is 95.5 Å². The van der Waals surface area contributed by atoms with Gasteiger partial charge in [-0.2, -0.15) is 4.98 Å². The molecule has 0 fully saturated rings. The molecule has 33 heavy (non-hydrogen) atoms. The molecule has 4 rings (SSSR count). The summed E-state index contributed by atoms with van der Waals surface area (Å²) in [6.07, 6.45) is 3.88. The Kier molecular flexibility index (Phi) is 7.33. The van der Waals surface area contributed by atoms with Crippen LogP contribution in [0, 0.1) is 0 Å². The fourth-order valence-electron chi connectivity index (χ4n) is 3.55. The Bertz CT molecular complexity index is 1220. The van der Waals surface area contributed by atoms with Gasteiger partial charge in [0.15, 0.2) is 0 Å². The molecule has 1 unspecified atom stereocenters. The summed E-state index contributed by atoms with van der Waals surface area (Å²) in [7, 11) is 0. The normalized spacial score (nSPS) is 12.1. The van der Waals surface area contributed by atoms with Gasteiger partial charge in [0.05, 0.1) is 6.04 Å². The van der Waals surface area contributed by atoms with Gasteiger partial charge >= 0.3 is 0 Å². The highest BCUT2D eigenvalue weighted by Crippen LogP contribution is 2.23. The van der Waals surface area contributed by atoms with Gasteiger partial charge in [0, 0.05) is 29.6 Å². The number of benzene rings is 3. The van der Waals surface area contributed by atoms with E-state index in [1.807, 2.05) is 90.7 Å². The van der Waals surface area contributed by atoms with E-state index in [2.05, 4.69) is 10.1 Å². The smallest absolute Gasteiger partial charge is 0.247 e. The lowest BCUT2D eigenvalue weighted by Gasteiger charge is -2.28. The number of aromatic nitrogens is 2. The van der Waals surface area contributed by atoms with E-state index in [9.17, 15) is 4.79 Å². The Morgan fingerprint density at radius 3 is 2.48 bits per heavy atom. The molecule has 3 aromatic carbocycles. The molecule has 0 aliphatic rings. The van der Waals surface area contributed by atoms with Crippen LogP contribution >= 0.6 is 11.6 Å². The number of halogens is 1. The number of hydrogen-bond acceptors (Lipinski definition) is 4. The van der Waals surface area contributed by atoms with E-state index in [0.29, 0.717) is 29.7 Å². The molecule has 0 bridgehead atoms. The maximum atomic E-state index is 13.2. The van der Waals surface area contributed by atoms with Crippen LogP contribution < -0.4 is 0 Å². The summed E-state index contributed by atoms with van der Waals surface area (Å²) in [6, 6.07) is 26.9. The lowest BCUT2D eigenvalue weighted by molar-refractivity contribution is -0.128. The highest BCUT2D eigenvalue weighted by atomic mass is 35.5. The summed E-state index contributed by atoms with van der Waals surface area (Å²) in [6.45, 7) is 2.46. The average Bonchev–Trinajstić information content (AvgIpc) is 3.33. The summed E-state index contributed by atoms with van der Waals surface area (Å²) < 4.78 is 5.44. The second-order valence-electron chi connectivity index (χ2n) is 7.63. The molecule has 0 aliphatic heterocycles. The molecule has 6 heteroatoms. The molecule has 166 valence electrons. The molecule has 0 saturated heterocycles. The molecule has 0 saturated carbocycles. The standard InChI is InChI=1S/C27H24ClN3O2/c1-20(22-11-6-3-7-12-22)31(26(32)16-15-21-9-4-2-5-10-21)18-17-25-29-27(30-33-25)23-13-8-14-24(28)19-23/h2-16,19-20H,17-18H2,1H3. The topological polar surface area (TPSA) is 59.2 Å². The zero-order valence-corrected chi connectivity index (χ0v) is 19.0. The number of nitrogens with zero attached hydrogens (tertiary/aromatic N) is 3. The van der Waals surface area contributed by atoms with Crippen LogP contribution in [0.5, 0.6) is 0 Å². The molecule has 5 nitrogen and oxygen atoms in total. The average molecular weight is 458 g/mol. The Balaban J connectivity index is 1.51. The largest absolute Gasteiger partial charge is 0.339 e. The van der Waals surface area contributed by atoms with E-state index in [1.54, 1.807) is 18.2 Å². The van der Waals surface area contributed by atoms with Gasteiger partial charge in [0.25, 0.3) is 0 Å². The summed E-state index contributed by atoms with van der Waals surface area (Å²) >= 11 is 6.07. The molecule has 1 amide bonds. The quantitative estimate of drug-likeness (QED) is 0.294. The van der Waals surface area contributed by atoms with Crippen molar-refractivity contribution in [2.24, 2.45) is 0 Å². The lowest BCUT2D eigenvalue weighted by atomic mass is 10.1. The molecule has 0 radical (unpaired) electrons. The first-order valence-electron chi connectivity index (χ1n) is 10.8. The molecule has 0 aliphatic carbocycles. The molecule has 1 aromatic heterocycles. The maximum absolute atomic E-state index is 13.2. The molecule has 0 N–H and O–H groups in total. The van der Waals surface area contributed by atoms with E-state index in [1.165, 1.54) is 0 Å². The van der Waals surface area contributed by atoms with Crippen LogP contribution in [0.2, 0.25) is 5.02 Å². The van der Waals surface area contributed by atoms with Crippen molar-refractivity contribution in [1.29, 1.82) is 0 Å². The predicted molar refractivity (Wildman–Crippen MR) is 130 cm³/mol. The van der Waals surface area contributed by atoms with Gasteiger partial charge in [-0.15, -0.1) is 0 Å². The number of carbonyl (C=O) groups is 1. The van der Waals surface area contributed by atoms with E-state index in [0.717, 1.165) is 16.7 Å². The predicted octanol–water partition coefficient (Wildman–Crippen LogP) is 6.24. The van der Waals surface area contributed by atoms with E-state index in [-0.39, 0.29) is 11.9 Å². The number of amides is 1. The number of rotatable bonds is 8. The van der Waals surface area contributed by atoms with Gasteiger partial charge in [-0.3, -0.25) is 4.79 Å². The SMILES string of the molecule is CC(c1ccccc1)N(CCc1nc(-c2cccc(Cl)c2)no1)C(=O)C=Cc1ccccc1. The second-order valence-corrected chi connectivity index (χ2v) is 8.07. The Labute approximate surface area is 198 Å². The van der Waals surface area contributed by atoms with Crippen LogP contribution in [0.25, 0.3) is 17.5 Å². The zero-order valence-electron chi connectivity index (χ0n) is 18.3. The lowest BCUT2D eigenvalue weighted by Crippen LogP contribution is -2.34. The monoisotopic (exact) mass is 457 g/mol. The minimum Gasteiger partial charge on any atom is -0.339 e. The van der Waals surface area contributed by atoms with Gasteiger partial charge < -0.3 is 9.42 Å². The Morgan fingerprint density at radius 1 is 1.03 bits per heavy atom. The van der Waals surface area contributed by atoms with Gasteiger partial charge in [0.2, 0.25) is 17.6 Å². The number of hydrogen-bond donors (Lipinski definition) is 0. The third kappa shape index (κ3) is 5.96. The fraction of sp³-hybridized carbons (Fsp3) is 0.148. The molecule has 1 atom stereocenters. The minimum atomic E-state index is -0.116. The van der Waals surface area contributed by atoms with Crippen molar-refractivity contribution in [2.45, 2.75) is 19.4 Å². The van der Waals surface area contributed by atoms with Crippen molar-refractivity contribution >= 4 is 23.6 Å². The third-order valence-corrected chi connectivity index (χ3v) is 5.60. The third-order valence-electron chi connectivity index (χ3n) is 5.37. The molecular formula is C27H24ClN3O2. The Hall–Kier alpha value is -3.70. The summed E-state index contributed by atoms with van der Waals surface area (Å²) in [5.41, 5.74) is 2.82. The van der Waals surface area contributed by atoms with Gasteiger partial charge in [0.1, 0.15) is 0 Å². The van der Waals surface area contributed by atoms with E-state index < -0.39 is 0 Å². The van der Waals surface area contributed by atoms with E-state index in [4.69, 9.17) is 16.1 Å².